The average Bonchev–Trinajstić information content (AvgIpc) is 3.33. The number of hydrogen-bond donors (Lipinski definition) is 0. The Morgan fingerprint density at radius 3 is 2.34 bits per heavy atom. The summed E-state index contributed by atoms with van der Waals surface area (Å²) in [5.41, 5.74) is 0.956. The summed E-state index contributed by atoms with van der Waals surface area (Å²) >= 11 is 0. The number of piperazine rings is 1. The lowest BCUT2D eigenvalue weighted by molar-refractivity contribution is -0.131. The number of carbonyl (C=O) groups excluding carboxylic acids is 1. The molecule has 1 saturated heterocycles. The molecule has 1 aliphatic rings. The summed E-state index contributed by atoms with van der Waals surface area (Å²) in [6.45, 7) is 3.70. The molecule has 0 bridgehead atoms. The Labute approximate surface area is 187 Å². The van der Waals surface area contributed by atoms with E-state index in [1.165, 1.54) is 10.6 Å². The van der Waals surface area contributed by atoms with E-state index in [9.17, 15) is 13.2 Å². The molecule has 1 amide bonds. The minimum atomic E-state index is -3.89. The van der Waals surface area contributed by atoms with Crippen molar-refractivity contribution in [2.75, 3.05) is 37.6 Å². The van der Waals surface area contributed by atoms with Crippen LogP contribution in [-0.4, -0.2) is 66.2 Å². The highest BCUT2D eigenvalue weighted by atomic mass is 32.2. The highest BCUT2D eigenvalue weighted by molar-refractivity contribution is 7.89. The topological polar surface area (TPSA) is 99.9 Å². The number of carbonyl (C=O) groups is 1. The third-order valence-electron chi connectivity index (χ3n) is 5.35. The van der Waals surface area contributed by atoms with Crippen LogP contribution in [0.15, 0.2) is 70.4 Å². The monoisotopic (exact) mass is 455 g/mol. The second-order valence-electron chi connectivity index (χ2n) is 7.58. The van der Waals surface area contributed by atoms with Crippen LogP contribution in [0, 0.1) is 6.92 Å². The Kier molecular flexibility index (Phi) is 6.52. The summed E-state index contributed by atoms with van der Waals surface area (Å²) in [5, 5.41) is 0. The van der Waals surface area contributed by atoms with Gasteiger partial charge in [-0.05, 0) is 37.3 Å². The molecular weight excluding hydrogens is 430 g/mol. The number of aryl methyl sites for hydroxylation is 1. The number of nitrogens with zero attached hydrogens (tertiary/aromatic N) is 5. The Morgan fingerprint density at radius 1 is 1.03 bits per heavy atom. The van der Waals surface area contributed by atoms with Crippen molar-refractivity contribution in [2.45, 2.75) is 18.4 Å². The van der Waals surface area contributed by atoms with Crippen LogP contribution < -0.4 is 4.90 Å². The van der Waals surface area contributed by atoms with Gasteiger partial charge in [0.05, 0.1) is 24.2 Å². The van der Waals surface area contributed by atoms with Crippen molar-refractivity contribution >= 4 is 21.9 Å². The molecule has 0 aliphatic carbocycles. The van der Waals surface area contributed by atoms with Gasteiger partial charge in [-0.3, -0.25) is 4.79 Å². The molecule has 1 aromatic carbocycles. The fraction of sp³-hybridized carbons (Fsp3) is 0.318. The highest BCUT2D eigenvalue weighted by Crippen LogP contribution is 2.20. The molecule has 32 heavy (non-hydrogen) atoms. The van der Waals surface area contributed by atoms with Gasteiger partial charge >= 0.3 is 0 Å². The van der Waals surface area contributed by atoms with Gasteiger partial charge in [-0.1, -0.05) is 17.7 Å². The maximum Gasteiger partial charge on any atom is 0.243 e. The molecule has 0 N–H and O–H groups in total. The van der Waals surface area contributed by atoms with E-state index in [2.05, 4.69) is 9.97 Å². The fourth-order valence-electron chi connectivity index (χ4n) is 3.52. The van der Waals surface area contributed by atoms with Gasteiger partial charge in [-0.2, -0.15) is 4.31 Å². The fourth-order valence-corrected chi connectivity index (χ4v) is 4.88. The van der Waals surface area contributed by atoms with Crippen molar-refractivity contribution in [3.05, 3.63) is 72.4 Å². The molecule has 0 radical (unpaired) electrons. The van der Waals surface area contributed by atoms with Crippen molar-refractivity contribution in [1.29, 1.82) is 0 Å². The van der Waals surface area contributed by atoms with E-state index in [0.717, 1.165) is 5.56 Å². The normalized spacial score (nSPS) is 14.7. The summed E-state index contributed by atoms with van der Waals surface area (Å²) in [5.74, 6) is 0.849. The van der Waals surface area contributed by atoms with E-state index in [4.69, 9.17) is 4.42 Å². The summed E-state index contributed by atoms with van der Waals surface area (Å²) in [7, 11) is -3.89. The maximum absolute atomic E-state index is 13.3. The smallest absolute Gasteiger partial charge is 0.243 e. The Morgan fingerprint density at radius 2 is 1.72 bits per heavy atom. The van der Waals surface area contributed by atoms with E-state index in [-0.39, 0.29) is 23.9 Å². The number of anilines is 1. The zero-order chi connectivity index (χ0) is 22.6. The maximum atomic E-state index is 13.3. The molecule has 168 valence electrons. The molecule has 10 heteroatoms. The van der Waals surface area contributed by atoms with Crippen LogP contribution >= 0.6 is 0 Å². The number of rotatable bonds is 7. The molecule has 0 spiro atoms. The minimum absolute atomic E-state index is 0.0211. The molecular formula is C22H25N5O4S. The van der Waals surface area contributed by atoms with E-state index in [0.29, 0.717) is 37.9 Å². The number of amides is 1. The zero-order valence-corrected chi connectivity index (χ0v) is 18.6. The van der Waals surface area contributed by atoms with Crippen molar-refractivity contribution in [3.63, 3.8) is 0 Å². The lowest BCUT2D eigenvalue weighted by Crippen LogP contribution is -2.52. The van der Waals surface area contributed by atoms with Crippen LogP contribution in [0.1, 0.15) is 11.3 Å². The summed E-state index contributed by atoms with van der Waals surface area (Å²) in [4.78, 5) is 25.4. The lowest BCUT2D eigenvalue weighted by atomic mass is 10.2. The van der Waals surface area contributed by atoms with Gasteiger partial charge in [-0.15, -0.1) is 0 Å². The molecule has 0 atom stereocenters. The van der Waals surface area contributed by atoms with Crippen LogP contribution in [0.25, 0.3) is 0 Å². The van der Waals surface area contributed by atoms with Gasteiger partial charge in [-0.25, -0.2) is 18.4 Å². The van der Waals surface area contributed by atoms with E-state index >= 15 is 0 Å². The van der Waals surface area contributed by atoms with Crippen LogP contribution in [0.2, 0.25) is 0 Å². The Balaban J connectivity index is 1.47. The van der Waals surface area contributed by atoms with Crippen molar-refractivity contribution in [1.82, 2.24) is 19.2 Å². The van der Waals surface area contributed by atoms with Crippen molar-refractivity contribution in [2.24, 2.45) is 0 Å². The second kappa shape index (κ2) is 9.49. The molecule has 2 aromatic heterocycles. The average molecular weight is 456 g/mol. The number of furan rings is 1. The van der Waals surface area contributed by atoms with Gasteiger partial charge in [0, 0.05) is 38.6 Å². The first-order valence-corrected chi connectivity index (χ1v) is 11.8. The van der Waals surface area contributed by atoms with Gasteiger partial charge in [0.1, 0.15) is 5.76 Å². The third kappa shape index (κ3) is 4.97. The van der Waals surface area contributed by atoms with Crippen LogP contribution in [0.5, 0.6) is 0 Å². The molecule has 9 nitrogen and oxygen atoms in total. The highest BCUT2D eigenvalue weighted by Gasteiger charge is 2.31. The SMILES string of the molecule is Cc1ccc(S(=O)(=O)N(CC(=O)N2CCN(c3ncccn3)CC2)Cc2ccco2)cc1. The Bertz CT molecular complexity index is 1130. The number of aromatic nitrogens is 2. The summed E-state index contributed by atoms with van der Waals surface area (Å²) < 4.78 is 33.2. The predicted octanol–water partition coefficient (Wildman–Crippen LogP) is 1.92. The molecule has 4 rings (SSSR count). The second-order valence-corrected chi connectivity index (χ2v) is 9.52. The predicted molar refractivity (Wildman–Crippen MR) is 118 cm³/mol. The quantitative estimate of drug-likeness (QED) is 0.537. The first kappa shape index (κ1) is 22.0. The molecule has 0 unspecified atom stereocenters. The number of hydrogen-bond acceptors (Lipinski definition) is 7. The van der Waals surface area contributed by atoms with Crippen molar-refractivity contribution in [3.8, 4) is 0 Å². The summed E-state index contributed by atoms with van der Waals surface area (Å²) in [6.07, 6.45) is 4.85. The molecule has 3 heterocycles. The minimum Gasteiger partial charge on any atom is -0.468 e. The van der Waals surface area contributed by atoms with Crippen LogP contribution in [0.4, 0.5) is 5.95 Å². The number of benzene rings is 1. The molecule has 1 fully saturated rings. The van der Waals surface area contributed by atoms with E-state index < -0.39 is 10.0 Å². The van der Waals surface area contributed by atoms with Gasteiger partial charge < -0.3 is 14.2 Å². The van der Waals surface area contributed by atoms with Crippen LogP contribution in [-0.2, 0) is 21.4 Å². The van der Waals surface area contributed by atoms with Gasteiger partial charge in [0.2, 0.25) is 21.9 Å². The third-order valence-corrected chi connectivity index (χ3v) is 7.16. The largest absolute Gasteiger partial charge is 0.468 e. The van der Waals surface area contributed by atoms with Crippen molar-refractivity contribution < 1.29 is 17.6 Å². The molecule has 3 aromatic rings. The van der Waals surface area contributed by atoms with Crippen LogP contribution in [0.3, 0.4) is 0 Å². The lowest BCUT2D eigenvalue weighted by Gasteiger charge is -2.35. The molecule has 0 saturated carbocycles. The standard InChI is InChI=1S/C22H25N5O4S/c1-18-5-7-20(8-6-18)32(29,30)27(16-19-4-2-15-31-19)17-21(28)25-11-13-26(14-12-25)22-23-9-3-10-24-22/h2-10,15H,11-14,16-17H2,1H3. The summed E-state index contributed by atoms with van der Waals surface area (Å²) in [6, 6.07) is 11.7. The number of sulfonamides is 1. The Hall–Kier alpha value is -3.24. The van der Waals surface area contributed by atoms with E-state index in [1.807, 2.05) is 11.8 Å². The van der Waals surface area contributed by atoms with Gasteiger partial charge in [0.15, 0.2) is 0 Å². The zero-order valence-electron chi connectivity index (χ0n) is 17.8. The van der Waals surface area contributed by atoms with Gasteiger partial charge in [0.25, 0.3) is 0 Å². The first-order valence-electron chi connectivity index (χ1n) is 10.3. The molecule has 1 aliphatic heterocycles. The van der Waals surface area contributed by atoms with E-state index in [1.54, 1.807) is 59.8 Å². The first-order chi connectivity index (χ1) is 15.4.